The first-order valence-electron chi connectivity index (χ1n) is 6.63. The molecule has 0 spiro atoms. The Labute approximate surface area is 115 Å². The van der Waals surface area contributed by atoms with Crippen LogP contribution in [-0.2, 0) is 11.2 Å². The zero-order chi connectivity index (χ0) is 14.4. The highest BCUT2D eigenvalue weighted by atomic mass is 16.4. The van der Waals surface area contributed by atoms with Crippen molar-refractivity contribution in [2.75, 3.05) is 20.1 Å². The van der Waals surface area contributed by atoms with Gasteiger partial charge in [0.15, 0.2) is 0 Å². The number of nitrogens with zero attached hydrogens (tertiary/aromatic N) is 1. The molecular formula is C15H24N2O2. The number of nitrogens with two attached hydrogens (primary N) is 1. The smallest absolute Gasteiger partial charge is 0.320 e. The van der Waals surface area contributed by atoms with Crippen molar-refractivity contribution in [1.29, 1.82) is 0 Å². The summed E-state index contributed by atoms with van der Waals surface area (Å²) < 4.78 is 0. The summed E-state index contributed by atoms with van der Waals surface area (Å²) in [7, 11) is 2.00. The van der Waals surface area contributed by atoms with Crippen LogP contribution in [0.1, 0.15) is 23.1 Å². The molecular weight excluding hydrogens is 240 g/mol. The second-order valence-electron chi connectivity index (χ2n) is 5.22. The Bertz CT molecular complexity index is 432. The zero-order valence-electron chi connectivity index (χ0n) is 12.0. The molecule has 0 aliphatic heterocycles. The van der Waals surface area contributed by atoms with Crippen molar-refractivity contribution in [3.63, 3.8) is 0 Å². The predicted octanol–water partition coefficient (Wildman–Crippen LogP) is 1.58. The molecule has 1 unspecified atom stereocenters. The fraction of sp³-hybridized carbons (Fsp3) is 0.533. The lowest BCUT2D eigenvalue weighted by Gasteiger charge is -2.18. The van der Waals surface area contributed by atoms with E-state index in [1.54, 1.807) is 0 Å². The summed E-state index contributed by atoms with van der Waals surface area (Å²) in [6.45, 7) is 5.84. The normalized spacial score (nSPS) is 12.7. The Morgan fingerprint density at radius 2 is 2.05 bits per heavy atom. The molecule has 0 saturated carbocycles. The number of carboxylic acid groups (broad SMARTS) is 1. The molecule has 106 valence electrons. The molecule has 1 aromatic rings. The standard InChI is InChI=1S/C15H24N2O2/c1-11-4-5-12(2)13(10-11)6-8-17(3)9-7-14(16)15(18)19/h4-5,10,14H,6-9,16H2,1-3H3,(H,18,19). The van der Waals surface area contributed by atoms with Gasteiger partial charge < -0.3 is 15.7 Å². The van der Waals surface area contributed by atoms with Gasteiger partial charge in [-0.3, -0.25) is 4.79 Å². The molecule has 0 heterocycles. The quantitative estimate of drug-likeness (QED) is 0.784. The highest BCUT2D eigenvalue weighted by Crippen LogP contribution is 2.11. The summed E-state index contributed by atoms with van der Waals surface area (Å²) in [5.74, 6) is -0.928. The van der Waals surface area contributed by atoms with E-state index >= 15 is 0 Å². The van der Waals surface area contributed by atoms with Gasteiger partial charge in [-0.1, -0.05) is 23.8 Å². The van der Waals surface area contributed by atoms with Crippen molar-refractivity contribution in [1.82, 2.24) is 4.90 Å². The van der Waals surface area contributed by atoms with E-state index in [1.165, 1.54) is 16.7 Å². The van der Waals surface area contributed by atoms with Crippen LogP contribution in [0.5, 0.6) is 0 Å². The molecule has 0 fully saturated rings. The van der Waals surface area contributed by atoms with Gasteiger partial charge in [-0.05, 0) is 51.4 Å². The van der Waals surface area contributed by atoms with Gasteiger partial charge in [0.2, 0.25) is 0 Å². The molecule has 3 N–H and O–H groups in total. The summed E-state index contributed by atoms with van der Waals surface area (Å²) >= 11 is 0. The second kappa shape index (κ2) is 7.26. The van der Waals surface area contributed by atoms with Crippen LogP contribution >= 0.6 is 0 Å². The first-order chi connectivity index (χ1) is 8.90. The van der Waals surface area contributed by atoms with E-state index in [1.807, 2.05) is 7.05 Å². The number of rotatable bonds is 7. The summed E-state index contributed by atoms with van der Waals surface area (Å²) in [5, 5.41) is 8.73. The van der Waals surface area contributed by atoms with Gasteiger partial charge in [0.1, 0.15) is 6.04 Å². The van der Waals surface area contributed by atoms with Crippen molar-refractivity contribution >= 4 is 5.97 Å². The molecule has 0 aliphatic carbocycles. The first-order valence-corrected chi connectivity index (χ1v) is 6.63. The minimum absolute atomic E-state index is 0.485. The van der Waals surface area contributed by atoms with Gasteiger partial charge in [-0.25, -0.2) is 0 Å². The third kappa shape index (κ3) is 5.41. The lowest BCUT2D eigenvalue weighted by molar-refractivity contribution is -0.138. The van der Waals surface area contributed by atoms with E-state index < -0.39 is 12.0 Å². The van der Waals surface area contributed by atoms with Crippen molar-refractivity contribution in [2.24, 2.45) is 5.73 Å². The van der Waals surface area contributed by atoms with Gasteiger partial charge in [0.05, 0.1) is 0 Å². The van der Waals surface area contributed by atoms with Gasteiger partial charge in [0, 0.05) is 6.54 Å². The topological polar surface area (TPSA) is 66.6 Å². The van der Waals surface area contributed by atoms with E-state index in [-0.39, 0.29) is 0 Å². The number of aryl methyl sites for hydroxylation is 2. The molecule has 0 amide bonds. The third-order valence-electron chi connectivity index (χ3n) is 3.41. The van der Waals surface area contributed by atoms with E-state index in [0.717, 1.165) is 13.0 Å². The van der Waals surface area contributed by atoms with Crippen LogP contribution in [-0.4, -0.2) is 42.2 Å². The van der Waals surface area contributed by atoms with Crippen molar-refractivity contribution in [2.45, 2.75) is 32.7 Å². The molecule has 1 atom stereocenters. The molecule has 19 heavy (non-hydrogen) atoms. The molecule has 1 rings (SSSR count). The Morgan fingerprint density at radius 1 is 1.37 bits per heavy atom. The maximum atomic E-state index is 10.6. The number of hydrogen-bond donors (Lipinski definition) is 2. The van der Waals surface area contributed by atoms with Crippen molar-refractivity contribution < 1.29 is 9.90 Å². The van der Waals surface area contributed by atoms with Gasteiger partial charge in [0.25, 0.3) is 0 Å². The van der Waals surface area contributed by atoms with E-state index in [9.17, 15) is 4.79 Å². The Morgan fingerprint density at radius 3 is 2.68 bits per heavy atom. The fourth-order valence-electron chi connectivity index (χ4n) is 1.98. The number of benzene rings is 1. The largest absolute Gasteiger partial charge is 0.480 e. The van der Waals surface area contributed by atoms with Gasteiger partial charge >= 0.3 is 5.97 Å². The molecule has 0 bridgehead atoms. The van der Waals surface area contributed by atoms with Crippen molar-refractivity contribution in [3.8, 4) is 0 Å². The Balaban J connectivity index is 2.39. The lowest BCUT2D eigenvalue weighted by Crippen LogP contribution is -2.34. The number of likely N-dealkylation sites (N-methyl/N-ethyl adjacent to an activating group) is 1. The monoisotopic (exact) mass is 264 g/mol. The van der Waals surface area contributed by atoms with Crippen LogP contribution in [0.25, 0.3) is 0 Å². The predicted molar refractivity (Wildman–Crippen MR) is 77.3 cm³/mol. The SMILES string of the molecule is Cc1ccc(C)c(CCN(C)CCC(N)C(=O)O)c1. The third-order valence-corrected chi connectivity index (χ3v) is 3.41. The van der Waals surface area contributed by atoms with Crippen LogP contribution in [0, 0.1) is 13.8 Å². The van der Waals surface area contributed by atoms with Crippen LogP contribution < -0.4 is 5.73 Å². The molecule has 4 nitrogen and oxygen atoms in total. The van der Waals surface area contributed by atoms with Crippen LogP contribution in [0.4, 0.5) is 0 Å². The molecule has 1 aromatic carbocycles. The highest BCUT2D eigenvalue weighted by Gasteiger charge is 2.12. The van der Waals surface area contributed by atoms with E-state index in [4.69, 9.17) is 10.8 Å². The minimum Gasteiger partial charge on any atom is -0.480 e. The van der Waals surface area contributed by atoms with Gasteiger partial charge in [-0.2, -0.15) is 0 Å². The number of aliphatic carboxylic acids is 1. The average Bonchev–Trinajstić information content (AvgIpc) is 2.36. The zero-order valence-corrected chi connectivity index (χ0v) is 12.0. The molecule has 0 aromatic heterocycles. The van der Waals surface area contributed by atoms with E-state index in [0.29, 0.717) is 13.0 Å². The van der Waals surface area contributed by atoms with Crippen LogP contribution in [0.2, 0.25) is 0 Å². The maximum absolute atomic E-state index is 10.6. The Kier molecular flexibility index (Phi) is 5.99. The van der Waals surface area contributed by atoms with Gasteiger partial charge in [-0.15, -0.1) is 0 Å². The second-order valence-corrected chi connectivity index (χ2v) is 5.22. The summed E-state index contributed by atoms with van der Waals surface area (Å²) in [6, 6.07) is 5.72. The summed E-state index contributed by atoms with van der Waals surface area (Å²) in [5.41, 5.74) is 9.43. The number of hydrogen-bond acceptors (Lipinski definition) is 3. The molecule has 0 radical (unpaired) electrons. The number of carbonyl (C=O) groups is 1. The first kappa shape index (κ1) is 15.7. The number of carboxylic acids is 1. The summed E-state index contributed by atoms with van der Waals surface area (Å²) in [6.07, 6.45) is 1.46. The lowest BCUT2D eigenvalue weighted by atomic mass is 10.0. The maximum Gasteiger partial charge on any atom is 0.320 e. The summed E-state index contributed by atoms with van der Waals surface area (Å²) in [4.78, 5) is 12.8. The van der Waals surface area contributed by atoms with E-state index in [2.05, 4.69) is 36.9 Å². The van der Waals surface area contributed by atoms with Crippen LogP contribution in [0.15, 0.2) is 18.2 Å². The highest BCUT2D eigenvalue weighted by molar-refractivity contribution is 5.72. The van der Waals surface area contributed by atoms with Crippen LogP contribution in [0.3, 0.4) is 0 Å². The molecule has 0 saturated heterocycles. The average molecular weight is 264 g/mol. The fourth-order valence-corrected chi connectivity index (χ4v) is 1.98. The molecule has 4 heteroatoms. The Hall–Kier alpha value is -1.39. The molecule has 0 aliphatic rings. The minimum atomic E-state index is -0.928. The van der Waals surface area contributed by atoms with Crippen molar-refractivity contribution in [3.05, 3.63) is 34.9 Å².